The molecule has 0 saturated heterocycles. The topological polar surface area (TPSA) is 76.0 Å². The SMILES string of the molecule is CCOC(=O)C1C(C)=NC2=C(C(=O)CC(C)(C)C2)[C@H]1c1ccc(O)cc1. The minimum atomic E-state index is -0.622. The summed E-state index contributed by atoms with van der Waals surface area (Å²) in [6, 6.07) is 6.69. The van der Waals surface area contributed by atoms with E-state index in [2.05, 4.69) is 18.8 Å². The average molecular weight is 355 g/mol. The molecule has 0 fully saturated rings. The number of ether oxygens (including phenoxy) is 1. The fourth-order valence-electron chi connectivity index (χ4n) is 4.02. The van der Waals surface area contributed by atoms with Crippen molar-refractivity contribution in [1.82, 2.24) is 0 Å². The van der Waals surface area contributed by atoms with Gasteiger partial charge >= 0.3 is 5.97 Å². The van der Waals surface area contributed by atoms with E-state index in [1.165, 1.54) is 0 Å². The highest BCUT2D eigenvalue weighted by Crippen LogP contribution is 2.48. The molecule has 1 aromatic rings. The number of Topliss-reactive ketones (excluding diaryl/α,β-unsaturated/α-hetero) is 1. The van der Waals surface area contributed by atoms with Gasteiger partial charge in [0.05, 0.1) is 6.61 Å². The number of aromatic hydroxyl groups is 1. The van der Waals surface area contributed by atoms with E-state index in [9.17, 15) is 14.7 Å². The van der Waals surface area contributed by atoms with Crippen LogP contribution in [0.25, 0.3) is 0 Å². The smallest absolute Gasteiger partial charge is 0.315 e. The molecule has 138 valence electrons. The second kappa shape index (κ2) is 6.71. The Morgan fingerprint density at radius 3 is 2.54 bits per heavy atom. The van der Waals surface area contributed by atoms with E-state index in [4.69, 9.17) is 4.74 Å². The van der Waals surface area contributed by atoms with Gasteiger partial charge in [0, 0.05) is 29.3 Å². The third-order valence-electron chi connectivity index (χ3n) is 5.09. The summed E-state index contributed by atoms with van der Waals surface area (Å²) in [5.41, 5.74) is 2.75. The molecule has 2 aliphatic rings. The molecule has 1 N–H and O–H groups in total. The molecule has 0 amide bonds. The van der Waals surface area contributed by atoms with E-state index in [1.54, 1.807) is 31.2 Å². The molecule has 0 spiro atoms. The molecule has 5 heteroatoms. The highest BCUT2D eigenvalue weighted by atomic mass is 16.5. The van der Waals surface area contributed by atoms with Gasteiger partial charge in [-0.2, -0.15) is 0 Å². The zero-order valence-electron chi connectivity index (χ0n) is 15.7. The lowest BCUT2D eigenvalue weighted by Crippen LogP contribution is -2.39. The summed E-state index contributed by atoms with van der Waals surface area (Å²) in [5.74, 6) is -1.22. The highest BCUT2D eigenvalue weighted by Gasteiger charge is 2.45. The number of carbonyl (C=O) groups is 2. The molecule has 0 aromatic heterocycles. The molecule has 26 heavy (non-hydrogen) atoms. The summed E-state index contributed by atoms with van der Waals surface area (Å²) in [6.45, 7) is 7.99. The van der Waals surface area contributed by atoms with Gasteiger partial charge in [-0.1, -0.05) is 26.0 Å². The number of phenolic OH excluding ortho intramolecular Hbond substituents is 1. The number of carbonyl (C=O) groups excluding carboxylic acids is 2. The van der Waals surface area contributed by atoms with Gasteiger partial charge in [0.1, 0.15) is 11.7 Å². The van der Waals surface area contributed by atoms with Crippen molar-refractivity contribution in [3.8, 4) is 5.75 Å². The molecule has 0 radical (unpaired) electrons. The van der Waals surface area contributed by atoms with Gasteiger partial charge in [0.15, 0.2) is 5.78 Å². The van der Waals surface area contributed by atoms with Crippen LogP contribution in [0.5, 0.6) is 5.75 Å². The van der Waals surface area contributed by atoms with E-state index >= 15 is 0 Å². The normalized spacial score (nSPS) is 24.8. The van der Waals surface area contributed by atoms with Gasteiger partial charge in [0.25, 0.3) is 0 Å². The van der Waals surface area contributed by atoms with Crippen molar-refractivity contribution in [2.75, 3.05) is 6.61 Å². The molecule has 1 aliphatic heterocycles. The fourth-order valence-corrected chi connectivity index (χ4v) is 4.02. The van der Waals surface area contributed by atoms with Crippen molar-refractivity contribution < 1.29 is 19.4 Å². The van der Waals surface area contributed by atoms with Crippen molar-refractivity contribution in [3.05, 3.63) is 41.1 Å². The molecule has 2 atom stereocenters. The molecule has 5 nitrogen and oxygen atoms in total. The predicted octanol–water partition coefficient (Wildman–Crippen LogP) is 3.77. The first-order valence-electron chi connectivity index (χ1n) is 9.00. The van der Waals surface area contributed by atoms with Crippen LogP contribution in [0.3, 0.4) is 0 Å². The zero-order valence-corrected chi connectivity index (χ0v) is 15.7. The third-order valence-corrected chi connectivity index (χ3v) is 5.09. The number of allylic oxidation sites excluding steroid dienone is 2. The van der Waals surface area contributed by atoms with E-state index in [0.717, 1.165) is 11.3 Å². The maximum Gasteiger partial charge on any atom is 0.315 e. The minimum Gasteiger partial charge on any atom is -0.508 e. The number of benzene rings is 1. The number of hydrogen-bond donors (Lipinski definition) is 1. The molecule has 1 unspecified atom stereocenters. The van der Waals surface area contributed by atoms with Crippen LogP contribution >= 0.6 is 0 Å². The lowest BCUT2D eigenvalue weighted by Gasteiger charge is -2.39. The molecule has 0 saturated carbocycles. The predicted molar refractivity (Wildman–Crippen MR) is 99.1 cm³/mol. The van der Waals surface area contributed by atoms with Crippen LogP contribution in [-0.2, 0) is 14.3 Å². The monoisotopic (exact) mass is 355 g/mol. The highest BCUT2D eigenvalue weighted by molar-refractivity contribution is 6.09. The molecular weight excluding hydrogens is 330 g/mol. The molecule has 1 aliphatic carbocycles. The Balaban J connectivity index is 2.16. The molecule has 1 aromatic carbocycles. The summed E-state index contributed by atoms with van der Waals surface area (Å²) in [6.07, 6.45) is 1.14. The van der Waals surface area contributed by atoms with Crippen LogP contribution in [0.4, 0.5) is 0 Å². The van der Waals surface area contributed by atoms with Crippen molar-refractivity contribution >= 4 is 17.5 Å². The zero-order chi connectivity index (χ0) is 19.1. The summed E-state index contributed by atoms with van der Waals surface area (Å²) < 4.78 is 5.28. The first-order valence-corrected chi connectivity index (χ1v) is 9.00. The number of hydrogen-bond acceptors (Lipinski definition) is 5. The van der Waals surface area contributed by atoms with Crippen molar-refractivity contribution in [1.29, 1.82) is 0 Å². The first-order chi connectivity index (χ1) is 12.2. The van der Waals surface area contributed by atoms with Crippen molar-refractivity contribution in [3.63, 3.8) is 0 Å². The summed E-state index contributed by atoms with van der Waals surface area (Å²) >= 11 is 0. The molecule has 3 rings (SSSR count). The Bertz CT molecular complexity index is 802. The Morgan fingerprint density at radius 2 is 1.92 bits per heavy atom. The van der Waals surface area contributed by atoms with Crippen LogP contribution in [0.15, 0.2) is 40.5 Å². The van der Waals surface area contributed by atoms with Gasteiger partial charge in [-0.05, 0) is 43.4 Å². The van der Waals surface area contributed by atoms with Gasteiger partial charge in [-0.3, -0.25) is 14.6 Å². The van der Waals surface area contributed by atoms with E-state index in [-0.39, 0.29) is 29.5 Å². The number of esters is 1. The van der Waals surface area contributed by atoms with Crippen LogP contribution in [0.1, 0.15) is 52.0 Å². The lowest BCUT2D eigenvalue weighted by atomic mass is 9.67. The quantitative estimate of drug-likeness (QED) is 0.837. The van der Waals surface area contributed by atoms with Crippen molar-refractivity contribution in [2.45, 2.75) is 46.5 Å². The Morgan fingerprint density at radius 1 is 1.27 bits per heavy atom. The van der Waals surface area contributed by atoms with E-state index in [1.807, 2.05) is 6.92 Å². The number of phenols is 1. The van der Waals surface area contributed by atoms with Gasteiger partial charge < -0.3 is 9.84 Å². The maximum absolute atomic E-state index is 13.0. The Hall–Kier alpha value is -2.43. The Labute approximate surface area is 153 Å². The van der Waals surface area contributed by atoms with Crippen LogP contribution < -0.4 is 0 Å². The Kier molecular flexibility index (Phi) is 4.74. The molecule has 1 heterocycles. The molecule has 0 bridgehead atoms. The minimum absolute atomic E-state index is 0.0415. The summed E-state index contributed by atoms with van der Waals surface area (Å²) in [5, 5.41) is 9.63. The maximum atomic E-state index is 13.0. The van der Waals surface area contributed by atoms with E-state index in [0.29, 0.717) is 24.1 Å². The van der Waals surface area contributed by atoms with Gasteiger partial charge in [-0.15, -0.1) is 0 Å². The van der Waals surface area contributed by atoms with Crippen LogP contribution in [-0.4, -0.2) is 29.2 Å². The molecular formula is C21H25NO4. The van der Waals surface area contributed by atoms with E-state index < -0.39 is 11.8 Å². The number of aliphatic imine (C=N–C) groups is 1. The van der Waals surface area contributed by atoms with Gasteiger partial charge in [0.2, 0.25) is 0 Å². The second-order valence-electron chi connectivity index (χ2n) is 7.85. The fraction of sp³-hybridized carbons (Fsp3) is 0.476. The van der Waals surface area contributed by atoms with Crippen LogP contribution in [0, 0.1) is 11.3 Å². The standard InChI is InChI=1S/C21H25NO4/c1-5-26-20(25)17-12(2)22-15-10-21(3,4)11-16(24)19(15)18(17)13-6-8-14(23)9-7-13/h6-9,17-18,23H,5,10-11H2,1-4H3/t17?,18-/m0/s1. The second-order valence-corrected chi connectivity index (χ2v) is 7.85. The van der Waals surface area contributed by atoms with Crippen LogP contribution in [0.2, 0.25) is 0 Å². The summed E-state index contributed by atoms with van der Waals surface area (Å²) in [7, 11) is 0. The third kappa shape index (κ3) is 3.30. The number of ketones is 1. The number of nitrogens with zero attached hydrogens (tertiary/aromatic N) is 1. The van der Waals surface area contributed by atoms with Crippen molar-refractivity contribution in [2.24, 2.45) is 16.3 Å². The first kappa shape index (κ1) is 18.4. The van der Waals surface area contributed by atoms with Gasteiger partial charge in [-0.25, -0.2) is 0 Å². The number of rotatable bonds is 3. The summed E-state index contributed by atoms with van der Waals surface area (Å²) in [4.78, 5) is 30.3. The largest absolute Gasteiger partial charge is 0.508 e. The average Bonchev–Trinajstić information content (AvgIpc) is 2.53. The lowest BCUT2D eigenvalue weighted by molar-refractivity contribution is -0.146.